The van der Waals surface area contributed by atoms with E-state index in [1.807, 2.05) is 0 Å². The van der Waals surface area contributed by atoms with Gasteiger partial charge >= 0.3 is 0 Å². The van der Waals surface area contributed by atoms with Crippen molar-refractivity contribution in [2.24, 2.45) is 0 Å². The second kappa shape index (κ2) is 10.5. The summed E-state index contributed by atoms with van der Waals surface area (Å²) in [4.78, 5) is 24.1. The molecule has 2 amide bonds. The number of carbonyl (C=O) groups is 2. The fourth-order valence-corrected chi connectivity index (χ4v) is 2.84. The molecule has 0 saturated heterocycles. The normalized spacial score (nSPS) is 10.2. The van der Waals surface area contributed by atoms with Gasteiger partial charge < -0.3 is 24.8 Å². The molecule has 2 N–H and O–H groups in total. The molecule has 156 valence electrons. The molecule has 0 saturated carbocycles. The summed E-state index contributed by atoms with van der Waals surface area (Å²) in [6, 6.07) is 6.96. The van der Waals surface area contributed by atoms with Crippen LogP contribution in [0.5, 0.6) is 17.2 Å². The van der Waals surface area contributed by atoms with E-state index in [0.29, 0.717) is 17.2 Å². The maximum Gasteiger partial charge on any atom is 0.252 e. The van der Waals surface area contributed by atoms with Gasteiger partial charge in [-0.15, -0.1) is 0 Å². The van der Waals surface area contributed by atoms with Crippen molar-refractivity contribution in [3.63, 3.8) is 0 Å². The van der Waals surface area contributed by atoms with Gasteiger partial charge in [0, 0.05) is 19.5 Å². The van der Waals surface area contributed by atoms with Gasteiger partial charge in [0.05, 0.1) is 31.9 Å². The predicted molar refractivity (Wildman–Crippen MR) is 106 cm³/mol. The van der Waals surface area contributed by atoms with Crippen LogP contribution in [0.1, 0.15) is 22.3 Å². The summed E-state index contributed by atoms with van der Waals surface area (Å²) in [6.45, 7) is 0.348. The zero-order valence-electron chi connectivity index (χ0n) is 16.3. The molecule has 2 aromatic rings. The van der Waals surface area contributed by atoms with Crippen LogP contribution in [0.15, 0.2) is 30.3 Å². The first-order valence-corrected chi connectivity index (χ1v) is 9.06. The molecule has 7 nitrogen and oxygen atoms in total. The number of hydrogen-bond acceptors (Lipinski definition) is 5. The van der Waals surface area contributed by atoms with Gasteiger partial charge in [-0.25, -0.2) is 4.39 Å². The van der Waals surface area contributed by atoms with Crippen LogP contribution in [0.25, 0.3) is 0 Å². The summed E-state index contributed by atoms with van der Waals surface area (Å²) in [7, 11) is 4.53. The van der Waals surface area contributed by atoms with Crippen molar-refractivity contribution in [2.75, 3.05) is 27.9 Å². The van der Waals surface area contributed by atoms with E-state index in [1.165, 1.54) is 27.4 Å². The number of halogens is 2. The number of nitrogens with one attached hydrogen (secondary N) is 2. The van der Waals surface area contributed by atoms with E-state index in [0.717, 1.165) is 17.7 Å². The highest BCUT2D eigenvalue weighted by molar-refractivity contribution is 6.33. The SMILES string of the molecule is COc1cc(CNC(=O)CCNC(=O)c2ccc(F)cc2Cl)cc(OC)c1OC. The van der Waals surface area contributed by atoms with Gasteiger partial charge in [0.25, 0.3) is 5.91 Å². The maximum atomic E-state index is 13.0. The van der Waals surface area contributed by atoms with Crippen LogP contribution in [0, 0.1) is 5.82 Å². The zero-order chi connectivity index (χ0) is 21.4. The highest BCUT2D eigenvalue weighted by Crippen LogP contribution is 2.38. The molecule has 0 spiro atoms. The number of amides is 2. The van der Waals surface area contributed by atoms with Crippen LogP contribution in [0.2, 0.25) is 5.02 Å². The molecule has 9 heteroatoms. The van der Waals surface area contributed by atoms with Gasteiger partial charge in [-0.3, -0.25) is 9.59 Å². The molecule has 0 radical (unpaired) electrons. The molecule has 29 heavy (non-hydrogen) atoms. The summed E-state index contributed by atoms with van der Waals surface area (Å²) in [5.41, 5.74) is 0.904. The molecular formula is C20H22ClFN2O5. The van der Waals surface area contributed by atoms with Crippen molar-refractivity contribution >= 4 is 23.4 Å². The molecule has 0 atom stereocenters. The fourth-order valence-electron chi connectivity index (χ4n) is 2.58. The summed E-state index contributed by atoms with van der Waals surface area (Å²) in [6.07, 6.45) is 0.0645. The van der Waals surface area contributed by atoms with Crippen LogP contribution in [0.4, 0.5) is 4.39 Å². The number of rotatable bonds is 9. The first-order valence-electron chi connectivity index (χ1n) is 8.68. The topological polar surface area (TPSA) is 85.9 Å². The first kappa shape index (κ1) is 22.3. The van der Waals surface area contributed by atoms with Gasteiger partial charge in [0.15, 0.2) is 11.5 Å². The first-order chi connectivity index (χ1) is 13.9. The number of methoxy groups -OCH3 is 3. The Morgan fingerprint density at radius 1 is 1.00 bits per heavy atom. The number of hydrogen-bond donors (Lipinski definition) is 2. The molecule has 2 aromatic carbocycles. The molecule has 0 aromatic heterocycles. The summed E-state index contributed by atoms with van der Waals surface area (Å²) < 4.78 is 28.9. The van der Waals surface area contributed by atoms with E-state index in [4.69, 9.17) is 25.8 Å². The van der Waals surface area contributed by atoms with Crippen LogP contribution >= 0.6 is 11.6 Å². The summed E-state index contributed by atoms with van der Waals surface area (Å²) in [5, 5.41) is 5.34. The van der Waals surface area contributed by atoms with Crippen molar-refractivity contribution in [1.29, 1.82) is 0 Å². The standard InChI is InChI=1S/C20H22ClFN2O5/c1-27-16-8-12(9-17(28-2)19(16)29-3)11-24-18(25)6-7-23-20(26)14-5-4-13(22)10-15(14)21/h4-5,8-10H,6-7,11H2,1-3H3,(H,23,26)(H,24,25). The number of carbonyl (C=O) groups excluding carboxylic acids is 2. The van der Waals surface area contributed by atoms with E-state index < -0.39 is 11.7 Å². The molecular weight excluding hydrogens is 403 g/mol. The molecule has 0 aliphatic carbocycles. The van der Waals surface area contributed by atoms with Crippen molar-refractivity contribution in [3.8, 4) is 17.2 Å². The second-order valence-corrected chi connectivity index (χ2v) is 6.35. The average Bonchev–Trinajstić information content (AvgIpc) is 2.71. The van der Waals surface area contributed by atoms with Crippen molar-refractivity contribution in [1.82, 2.24) is 10.6 Å². The largest absolute Gasteiger partial charge is 0.493 e. The zero-order valence-corrected chi connectivity index (χ0v) is 17.1. The quantitative estimate of drug-likeness (QED) is 0.646. The number of benzene rings is 2. The third-order valence-electron chi connectivity index (χ3n) is 4.03. The lowest BCUT2D eigenvalue weighted by Gasteiger charge is -2.14. The molecule has 0 bridgehead atoms. The number of ether oxygens (including phenoxy) is 3. The second-order valence-electron chi connectivity index (χ2n) is 5.94. The Morgan fingerprint density at radius 3 is 2.21 bits per heavy atom. The minimum absolute atomic E-state index is 0.00866. The van der Waals surface area contributed by atoms with E-state index in [2.05, 4.69) is 10.6 Å². The maximum absolute atomic E-state index is 13.0. The van der Waals surface area contributed by atoms with Crippen molar-refractivity contribution in [2.45, 2.75) is 13.0 Å². The Labute approximate surface area is 173 Å². The lowest BCUT2D eigenvalue weighted by atomic mass is 10.1. The minimum atomic E-state index is -0.530. The van der Waals surface area contributed by atoms with Crippen molar-refractivity contribution < 1.29 is 28.2 Å². The van der Waals surface area contributed by atoms with Gasteiger partial charge in [-0.05, 0) is 35.9 Å². The fraction of sp³-hybridized carbons (Fsp3) is 0.300. The van der Waals surface area contributed by atoms with Gasteiger partial charge in [-0.2, -0.15) is 0 Å². The van der Waals surface area contributed by atoms with Crippen LogP contribution in [-0.4, -0.2) is 39.7 Å². The summed E-state index contributed by atoms with van der Waals surface area (Å²) >= 11 is 5.84. The van der Waals surface area contributed by atoms with Crippen molar-refractivity contribution in [3.05, 3.63) is 52.3 Å². The van der Waals surface area contributed by atoms with Gasteiger partial charge in [0.2, 0.25) is 11.7 Å². The molecule has 0 fully saturated rings. The van der Waals surface area contributed by atoms with E-state index in [-0.39, 0.29) is 36.0 Å². The molecule has 0 aliphatic rings. The Balaban J connectivity index is 1.86. The van der Waals surface area contributed by atoms with Gasteiger partial charge in [-0.1, -0.05) is 11.6 Å². The minimum Gasteiger partial charge on any atom is -0.493 e. The van der Waals surface area contributed by atoms with Crippen LogP contribution < -0.4 is 24.8 Å². The van der Waals surface area contributed by atoms with Crippen LogP contribution in [-0.2, 0) is 11.3 Å². The van der Waals surface area contributed by atoms with Gasteiger partial charge in [0.1, 0.15) is 5.82 Å². The van der Waals surface area contributed by atoms with E-state index >= 15 is 0 Å². The smallest absolute Gasteiger partial charge is 0.252 e. The van der Waals surface area contributed by atoms with Crippen LogP contribution in [0.3, 0.4) is 0 Å². The third-order valence-corrected chi connectivity index (χ3v) is 4.34. The molecule has 0 aliphatic heterocycles. The third kappa shape index (κ3) is 5.99. The average molecular weight is 425 g/mol. The Morgan fingerprint density at radius 2 is 1.66 bits per heavy atom. The highest BCUT2D eigenvalue weighted by Gasteiger charge is 2.14. The monoisotopic (exact) mass is 424 g/mol. The molecule has 2 rings (SSSR count). The lowest BCUT2D eigenvalue weighted by Crippen LogP contribution is -2.30. The lowest BCUT2D eigenvalue weighted by molar-refractivity contribution is -0.121. The predicted octanol–water partition coefficient (Wildman–Crippen LogP) is 2.94. The summed E-state index contributed by atoms with van der Waals surface area (Å²) in [5.74, 6) is 0.167. The molecule has 0 heterocycles. The Hall–Kier alpha value is -3.00. The van der Waals surface area contributed by atoms with E-state index in [9.17, 15) is 14.0 Å². The highest BCUT2D eigenvalue weighted by atomic mass is 35.5. The Bertz CT molecular complexity index is 866. The van der Waals surface area contributed by atoms with E-state index in [1.54, 1.807) is 12.1 Å². The molecule has 0 unspecified atom stereocenters. The Kier molecular flexibility index (Phi) is 8.09.